The van der Waals surface area contributed by atoms with Gasteiger partial charge in [-0.2, -0.15) is 0 Å². The fourth-order valence-electron chi connectivity index (χ4n) is 2.29. The number of anilines is 1. The summed E-state index contributed by atoms with van der Waals surface area (Å²) in [7, 11) is 1.53. The summed E-state index contributed by atoms with van der Waals surface area (Å²) < 4.78 is 10.3. The number of oxazole rings is 1. The number of amides is 1. The third-order valence-electron chi connectivity index (χ3n) is 3.54. The maximum Gasteiger partial charge on any atom is 0.257 e. The van der Waals surface area contributed by atoms with Crippen LogP contribution in [0.25, 0.3) is 11.3 Å². The van der Waals surface area contributed by atoms with Crippen LogP contribution >= 0.6 is 23.2 Å². The van der Waals surface area contributed by atoms with Crippen LogP contribution in [0.3, 0.4) is 0 Å². The van der Waals surface area contributed by atoms with Crippen LogP contribution in [0, 0.1) is 6.92 Å². The van der Waals surface area contributed by atoms with Gasteiger partial charge in [0, 0.05) is 18.2 Å². The summed E-state index contributed by atoms with van der Waals surface area (Å²) in [5.74, 6) is 0.777. The normalized spacial score (nSPS) is 10.0. The summed E-state index contributed by atoms with van der Waals surface area (Å²) in [6.07, 6.45) is 1.52. The predicted molar refractivity (Wildman–Crippen MR) is 109 cm³/mol. The van der Waals surface area contributed by atoms with Crippen LogP contribution in [-0.2, 0) is 0 Å². The second-order valence-electron chi connectivity index (χ2n) is 5.25. The number of rotatable bonds is 4. The highest BCUT2D eigenvalue weighted by Crippen LogP contribution is 2.31. The summed E-state index contributed by atoms with van der Waals surface area (Å²) in [5, 5.41) is 3.61. The molecule has 27 heavy (non-hydrogen) atoms. The van der Waals surface area contributed by atoms with Crippen molar-refractivity contribution in [1.82, 2.24) is 4.98 Å². The zero-order valence-electron chi connectivity index (χ0n) is 15.5. The highest BCUT2D eigenvalue weighted by molar-refractivity contribution is 6.35. The van der Waals surface area contributed by atoms with E-state index in [1.807, 2.05) is 13.8 Å². The van der Waals surface area contributed by atoms with Gasteiger partial charge in [-0.05, 0) is 36.4 Å². The average Bonchev–Trinajstić information content (AvgIpc) is 3.10. The Kier molecular flexibility index (Phi) is 7.28. The molecule has 3 rings (SSSR count). The molecule has 0 atom stereocenters. The molecule has 1 N–H and O–H groups in total. The van der Waals surface area contributed by atoms with E-state index in [2.05, 4.69) is 10.3 Å². The van der Waals surface area contributed by atoms with Gasteiger partial charge < -0.3 is 14.5 Å². The van der Waals surface area contributed by atoms with E-state index in [4.69, 9.17) is 32.4 Å². The fraction of sp³-hybridized carbons (Fsp3) is 0.200. The Morgan fingerprint density at radius 1 is 1.11 bits per heavy atom. The van der Waals surface area contributed by atoms with Crippen molar-refractivity contribution in [2.75, 3.05) is 12.4 Å². The van der Waals surface area contributed by atoms with E-state index >= 15 is 0 Å². The molecule has 0 aliphatic rings. The molecule has 2 aromatic carbocycles. The number of aromatic nitrogens is 1. The van der Waals surface area contributed by atoms with Crippen molar-refractivity contribution in [3.8, 4) is 17.0 Å². The molecular weight excluding hydrogens is 387 g/mol. The number of hydrogen-bond acceptors (Lipinski definition) is 4. The van der Waals surface area contributed by atoms with E-state index in [9.17, 15) is 4.79 Å². The number of nitrogens with one attached hydrogen (secondary N) is 1. The van der Waals surface area contributed by atoms with Gasteiger partial charge in [-0.15, -0.1) is 0 Å². The minimum Gasteiger partial charge on any atom is -0.497 e. The van der Waals surface area contributed by atoms with Crippen LogP contribution in [0.15, 0.2) is 47.1 Å². The second-order valence-corrected chi connectivity index (χ2v) is 6.06. The molecule has 142 valence electrons. The number of carbonyl (C=O) groups is 1. The number of methoxy groups -OCH3 is 1. The molecule has 0 saturated carbocycles. The third kappa shape index (κ3) is 5.02. The van der Waals surface area contributed by atoms with Crippen LogP contribution < -0.4 is 10.1 Å². The molecule has 0 fully saturated rings. The topological polar surface area (TPSA) is 64.4 Å². The molecule has 0 aliphatic heterocycles. The quantitative estimate of drug-likeness (QED) is 0.556. The van der Waals surface area contributed by atoms with Gasteiger partial charge in [0.05, 0.1) is 22.7 Å². The van der Waals surface area contributed by atoms with Crippen LogP contribution in [0.1, 0.15) is 30.1 Å². The molecular formula is C20H20Cl2N2O3. The number of aryl methyl sites for hydroxylation is 1. The summed E-state index contributed by atoms with van der Waals surface area (Å²) in [6.45, 7) is 5.74. The van der Waals surface area contributed by atoms with Crippen LogP contribution in [-0.4, -0.2) is 18.0 Å². The van der Waals surface area contributed by atoms with E-state index in [0.29, 0.717) is 44.2 Å². The Balaban J connectivity index is 0.00000126. The summed E-state index contributed by atoms with van der Waals surface area (Å²) >= 11 is 12.4. The monoisotopic (exact) mass is 406 g/mol. The minimum atomic E-state index is -0.336. The van der Waals surface area contributed by atoms with Gasteiger partial charge in [0.25, 0.3) is 5.91 Å². The van der Waals surface area contributed by atoms with E-state index in [-0.39, 0.29) is 5.91 Å². The minimum absolute atomic E-state index is 0.304. The molecule has 1 aromatic heterocycles. The first-order valence-corrected chi connectivity index (χ1v) is 9.10. The number of nitrogens with zero attached hydrogens (tertiary/aromatic N) is 1. The number of hydrogen-bond donors (Lipinski definition) is 1. The summed E-state index contributed by atoms with van der Waals surface area (Å²) in [4.78, 5) is 16.7. The molecule has 1 heterocycles. The maximum absolute atomic E-state index is 12.5. The molecule has 0 radical (unpaired) electrons. The lowest BCUT2D eigenvalue weighted by atomic mass is 10.1. The van der Waals surface area contributed by atoms with Gasteiger partial charge in [-0.3, -0.25) is 4.79 Å². The Bertz CT molecular complexity index is 939. The zero-order chi connectivity index (χ0) is 20.0. The maximum atomic E-state index is 12.5. The standard InChI is InChI=1S/C18H14Cl2N2O3.C2H6/c1-10-21-17(9-25-10)14-7-11(3-6-15(14)19)22-18(23)13-5-4-12(24-2)8-16(13)20;1-2/h3-9H,1-2H3,(H,22,23);1-2H3. The van der Waals surface area contributed by atoms with Gasteiger partial charge in [-0.1, -0.05) is 37.0 Å². The lowest BCUT2D eigenvalue weighted by molar-refractivity contribution is 0.102. The first-order valence-electron chi connectivity index (χ1n) is 8.35. The predicted octanol–water partition coefficient (Wildman–Crippen LogP) is 6.24. The van der Waals surface area contributed by atoms with Crippen molar-refractivity contribution in [1.29, 1.82) is 0 Å². The van der Waals surface area contributed by atoms with E-state index in [1.54, 1.807) is 43.3 Å². The van der Waals surface area contributed by atoms with Gasteiger partial charge >= 0.3 is 0 Å². The fourth-order valence-corrected chi connectivity index (χ4v) is 2.76. The van der Waals surface area contributed by atoms with E-state index in [0.717, 1.165) is 0 Å². The zero-order valence-corrected chi connectivity index (χ0v) is 17.0. The van der Waals surface area contributed by atoms with Crippen molar-refractivity contribution in [3.63, 3.8) is 0 Å². The second kappa shape index (κ2) is 9.44. The molecule has 3 aromatic rings. The first kappa shape index (κ1) is 20.8. The number of halogens is 2. The van der Waals surface area contributed by atoms with E-state index in [1.165, 1.54) is 13.4 Å². The molecule has 7 heteroatoms. The Labute approximate surface area is 168 Å². The van der Waals surface area contributed by atoms with E-state index < -0.39 is 0 Å². The van der Waals surface area contributed by atoms with Gasteiger partial charge in [-0.25, -0.2) is 4.98 Å². The van der Waals surface area contributed by atoms with Crippen molar-refractivity contribution in [3.05, 3.63) is 64.2 Å². The van der Waals surface area contributed by atoms with Crippen molar-refractivity contribution in [2.45, 2.75) is 20.8 Å². The molecule has 0 aliphatic carbocycles. The number of carbonyl (C=O) groups excluding carboxylic acids is 1. The molecule has 0 unspecified atom stereocenters. The Hall–Kier alpha value is -2.50. The average molecular weight is 407 g/mol. The van der Waals surface area contributed by atoms with Crippen molar-refractivity contribution in [2.24, 2.45) is 0 Å². The van der Waals surface area contributed by atoms with Crippen LogP contribution in [0.5, 0.6) is 5.75 Å². The highest BCUT2D eigenvalue weighted by Gasteiger charge is 2.14. The molecule has 0 spiro atoms. The smallest absolute Gasteiger partial charge is 0.257 e. The van der Waals surface area contributed by atoms with Crippen LogP contribution in [0.4, 0.5) is 5.69 Å². The van der Waals surface area contributed by atoms with Crippen LogP contribution in [0.2, 0.25) is 10.0 Å². The van der Waals surface area contributed by atoms with Gasteiger partial charge in [0.15, 0.2) is 5.89 Å². The SMILES string of the molecule is CC.COc1ccc(C(=O)Nc2ccc(Cl)c(-c3coc(C)n3)c2)c(Cl)c1. The molecule has 5 nitrogen and oxygen atoms in total. The molecule has 0 saturated heterocycles. The van der Waals surface area contributed by atoms with Crippen molar-refractivity contribution >= 4 is 34.8 Å². The molecule has 1 amide bonds. The largest absolute Gasteiger partial charge is 0.497 e. The molecule has 0 bridgehead atoms. The highest BCUT2D eigenvalue weighted by atomic mass is 35.5. The van der Waals surface area contributed by atoms with Crippen molar-refractivity contribution < 1.29 is 13.9 Å². The third-order valence-corrected chi connectivity index (χ3v) is 4.18. The van der Waals surface area contributed by atoms with Gasteiger partial charge in [0.1, 0.15) is 17.7 Å². The summed E-state index contributed by atoms with van der Waals surface area (Å²) in [6, 6.07) is 9.98. The Morgan fingerprint density at radius 3 is 2.44 bits per heavy atom. The lowest BCUT2D eigenvalue weighted by Crippen LogP contribution is -2.12. The number of benzene rings is 2. The van der Waals surface area contributed by atoms with Gasteiger partial charge in [0.2, 0.25) is 0 Å². The lowest BCUT2D eigenvalue weighted by Gasteiger charge is -2.10. The number of ether oxygens (including phenoxy) is 1. The summed E-state index contributed by atoms with van der Waals surface area (Å²) in [5.41, 5.74) is 2.17. The Morgan fingerprint density at radius 2 is 1.85 bits per heavy atom. The first-order chi connectivity index (χ1) is 13.0.